The third-order valence-corrected chi connectivity index (χ3v) is 1.64. The summed E-state index contributed by atoms with van der Waals surface area (Å²) in [4.78, 5) is 4.74. The zero-order valence-electron chi connectivity index (χ0n) is 7.83. The van der Waals surface area contributed by atoms with E-state index in [4.69, 9.17) is 9.57 Å². The first-order valence-electron chi connectivity index (χ1n) is 3.90. The summed E-state index contributed by atoms with van der Waals surface area (Å²) in [5.41, 5.74) is 4.32. The van der Waals surface area contributed by atoms with Crippen molar-refractivity contribution in [1.82, 2.24) is 5.48 Å². The van der Waals surface area contributed by atoms with Gasteiger partial charge in [-0.15, -0.1) is 0 Å². The third kappa shape index (κ3) is 2.49. The Kier molecular flexibility index (Phi) is 3.34. The first kappa shape index (κ1) is 9.61. The molecule has 0 bridgehead atoms. The molecule has 0 aliphatic rings. The summed E-state index contributed by atoms with van der Waals surface area (Å²) in [6, 6.07) is 7.59. The molecule has 0 saturated carbocycles. The highest BCUT2D eigenvalue weighted by atomic mass is 16.6. The minimum absolute atomic E-state index is 0.710. The smallest absolute Gasteiger partial charge is 0.119 e. The topological polar surface area (TPSA) is 30.5 Å². The van der Waals surface area contributed by atoms with Crippen LogP contribution in [0.5, 0.6) is 5.75 Å². The Morgan fingerprint density at radius 1 is 1.38 bits per heavy atom. The van der Waals surface area contributed by atoms with Crippen molar-refractivity contribution in [3.63, 3.8) is 0 Å². The molecule has 0 spiro atoms. The van der Waals surface area contributed by atoms with Crippen molar-refractivity contribution in [1.29, 1.82) is 0 Å². The summed E-state index contributed by atoms with van der Waals surface area (Å²) in [6.07, 6.45) is 0. The molecule has 1 rings (SSSR count). The van der Waals surface area contributed by atoms with Gasteiger partial charge in [-0.25, -0.2) is 0 Å². The van der Waals surface area contributed by atoms with Gasteiger partial charge in [0.25, 0.3) is 0 Å². The number of rotatable bonds is 4. The second-order valence-electron chi connectivity index (χ2n) is 2.52. The molecule has 0 heterocycles. The Morgan fingerprint density at radius 3 is 2.77 bits per heavy atom. The van der Waals surface area contributed by atoms with E-state index in [9.17, 15) is 0 Å². The summed E-state index contributed by atoms with van der Waals surface area (Å²) in [7, 11) is 3.18. The second-order valence-corrected chi connectivity index (χ2v) is 2.52. The SMILES string of the molecule is C=C(NOC)c1cccc(OC)c1. The summed E-state index contributed by atoms with van der Waals surface area (Å²) < 4.78 is 5.07. The first-order valence-corrected chi connectivity index (χ1v) is 3.90. The molecule has 0 atom stereocenters. The summed E-state index contributed by atoms with van der Waals surface area (Å²) in [6.45, 7) is 3.80. The highest BCUT2D eigenvalue weighted by Gasteiger charge is 1.98. The average molecular weight is 179 g/mol. The molecule has 0 unspecified atom stereocenters. The van der Waals surface area contributed by atoms with Crippen LogP contribution in [0.1, 0.15) is 5.56 Å². The van der Waals surface area contributed by atoms with Crippen molar-refractivity contribution >= 4 is 5.70 Å². The molecule has 3 nitrogen and oxygen atoms in total. The predicted molar refractivity (Wildman–Crippen MR) is 52.2 cm³/mol. The van der Waals surface area contributed by atoms with Gasteiger partial charge < -0.3 is 4.74 Å². The van der Waals surface area contributed by atoms with Gasteiger partial charge in [-0.3, -0.25) is 10.3 Å². The largest absolute Gasteiger partial charge is 0.497 e. The maximum atomic E-state index is 5.07. The van der Waals surface area contributed by atoms with E-state index in [0.29, 0.717) is 5.70 Å². The lowest BCUT2D eigenvalue weighted by atomic mass is 10.2. The molecule has 70 valence electrons. The Morgan fingerprint density at radius 2 is 2.15 bits per heavy atom. The molecule has 0 fully saturated rings. The maximum absolute atomic E-state index is 5.07. The van der Waals surface area contributed by atoms with Crippen molar-refractivity contribution in [3.05, 3.63) is 36.4 Å². The molecule has 1 aromatic rings. The fraction of sp³-hybridized carbons (Fsp3) is 0.200. The number of benzene rings is 1. The van der Waals surface area contributed by atoms with Crippen LogP contribution in [-0.2, 0) is 4.84 Å². The van der Waals surface area contributed by atoms with Gasteiger partial charge in [0.2, 0.25) is 0 Å². The normalized spacial score (nSPS) is 9.38. The van der Waals surface area contributed by atoms with Crippen molar-refractivity contribution in [2.24, 2.45) is 0 Å². The predicted octanol–water partition coefficient (Wildman–Crippen LogP) is 1.82. The zero-order valence-corrected chi connectivity index (χ0v) is 7.83. The number of hydrogen-bond acceptors (Lipinski definition) is 3. The van der Waals surface area contributed by atoms with Gasteiger partial charge in [-0.1, -0.05) is 18.7 Å². The third-order valence-electron chi connectivity index (χ3n) is 1.64. The molecule has 1 N–H and O–H groups in total. The van der Waals surface area contributed by atoms with Gasteiger partial charge in [0.15, 0.2) is 0 Å². The van der Waals surface area contributed by atoms with Crippen LogP contribution in [0.25, 0.3) is 5.70 Å². The summed E-state index contributed by atoms with van der Waals surface area (Å²) in [5, 5.41) is 0. The molecular formula is C10H13NO2. The molecular weight excluding hydrogens is 166 g/mol. The van der Waals surface area contributed by atoms with E-state index in [-0.39, 0.29) is 0 Å². The van der Waals surface area contributed by atoms with Crippen LogP contribution in [0.3, 0.4) is 0 Å². The van der Waals surface area contributed by atoms with E-state index in [1.54, 1.807) is 14.2 Å². The first-order chi connectivity index (χ1) is 6.27. The van der Waals surface area contributed by atoms with Crippen LogP contribution in [0.15, 0.2) is 30.8 Å². The standard InChI is InChI=1S/C10H13NO2/c1-8(11-13-3)9-5-4-6-10(7-9)12-2/h4-7,11H,1H2,2-3H3. The number of hydroxylamine groups is 1. The molecule has 13 heavy (non-hydrogen) atoms. The molecule has 1 aromatic carbocycles. The van der Waals surface area contributed by atoms with Gasteiger partial charge in [-0.05, 0) is 12.1 Å². The van der Waals surface area contributed by atoms with E-state index in [1.807, 2.05) is 24.3 Å². The second kappa shape index (κ2) is 4.52. The minimum Gasteiger partial charge on any atom is -0.497 e. The number of nitrogens with one attached hydrogen (secondary N) is 1. The molecule has 3 heteroatoms. The van der Waals surface area contributed by atoms with Crippen molar-refractivity contribution in [3.8, 4) is 5.75 Å². The molecule has 0 amide bonds. The van der Waals surface area contributed by atoms with Crippen LogP contribution in [-0.4, -0.2) is 14.2 Å². The Bertz CT molecular complexity index is 297. The van der Waals surface area contributed by atoms with Crippen LogP contribution >= 0.6 is 0 Å². The van der Waals surface area contributed by atoms with Gasteiger partial charge in [0, 0.05) is 5.56 Å². The quantitative estimate of drug-likeness (QED) is 0.715. The van der Waals surface area contributed by atoms with Gasteiger partial charge in [0.05, 0.1) is 19.9 Å². The highest BCUT2D eigenvalue weighted by molar-refractivity contribution is 5.62. The maximum Gasteiger partial charge on any atom is 0.119 e. The van der Waals surface area contributed by atoms with Crippen LogP contribution < -0.4 is 10.2 Å². The molecule has 0 aliphatic carbocycles. The lowest BCUT2D eigenvalue weighted by molar-refractivity contribution is 0.137. The van der Waals surface area contributed by atoms with E-state index < -0.39 is 0 Å². The van der Waals surface area contributed by atoms with Gasteiger partial charge in [0.1, 0.15) is 5.75 Å². The lowest BCUT2D eigenvalue weighted by Crippen LogP contribution is -2.08. The fourth-order valence-corrected chi connectivity index (χ4v) is 0.993. The van der Waals surface area contributed by atoms with Gasteiger partial charge in [-0.2, -0.15) is 0 Å². The van der Waals surface area contributed by atoms with E-state index in [1.165, 1.54) is 0 Å². The van der Waals surface area contributed by atoms with Crippen LogP contribution in [0, 0.1) is 0 Å². The highest BCUT2D eigenvalue weighted by Crippen LogP contribution is 2.16. The van der Waals surface area contributed by atoms with Crippen molar-refractivity contribution < 1.29 is 9.57 Å². The van der Waals surface area contributed by atoms with E-state index >= 15 is 0 Å². The minimum atomic E-state index is 0.710. The van der Waals surface area contributed by atoms with Crippen molar-refractivity contribution in [2.45, 2.75) is 0 Å². The Hall–Kier alpha value is -1.48. The van der Waals surface area contributed by atoms with E-state index in [2.05, 4.69) is 12.1 Å². The molecule has 0 aromatic heterocycles. The number of hydrogen-bond donors (Lipinski definition) is 1. The number of methoxy groups -OCH3 is 1. The summed E-state index contributed by atoms with van der Waals surface area (Å²) in [5.74, 6) is 0.802. The van der Waals surface area contributed by atoms with Crippen molar-refractivity contribution in [2.75, 3.05) is 14.2 Å². The Balaban J connectivity index is 2.82. The monoisotopic (exact) mass is 179 g/mol. The van der Waals surface area contributed by atoms with Gasteiger partial charge >= 0.3 is 0 Å². The zero-order chi connectivity index (χ0) is 9.68. The molecule has 0 saturated heterocycles. The van der Waals surface area contributed by atoms with Crippen LogP contribution in [0.4, 0.5) is 0 Å². The average Bonchev–Trinajstić information content (AvgIpc) is 2.18. The number of ether oxygens (including phenoxy) is 1. The molecule has 0 aliphatic heterocycles. The summed E-state index contributed by atoms with van der Waals surface area (Å²) >= 11 is 0. The lowest BCUT2D eigenvalue weighted by Gasteiger charge is -2.07. The Labute approximate surface area is 77.9 Å². The molecule has 0 radical (unpaired) electrons. The fourth-order valence-electron chi connectivity index (χ4n) is 0.993. The van der Waals surface area contributed by atoms with Crippen LogP contribution in [0.2, 0.25) is 0 Å². The van der Waals surface area contributed by atoms with E-state index in [0.717, 1.165) is 11.3 Å².